The van der Waals surface area contributed by atoms with Crippen LogP contribution in [0.25, 0.3) is 0 Å². The molecule has 0 aromatic heterocycles. The number of nitro benzene ring substituents is 1. The van der Waals surface area contributed by atoms with Gasteiger partial charge in [-0.25, -0.2) is 4.79 Å². The molecule has 0 heterocycles. The van der Waals surface area contributed by atoms with Crippen LogP contribution in [-0.4, -0.2) is 18.0 Å². The number of rotatable bonds is 5. The number of methoxy groups -OCH3 is 1. The maximum absolute atomic E-state index is 12.4. The first-order valence-electron chi connectivity index (χ1n) is 8.64. The van der Waals surface area contributed by atoms with E-state index in [1.54, 1.807) is 0 Å². The highest BCUT2D eigenvalue weighted by molar-refractivity contribution is 5.90. The maximum atomic E-state index is 12.4. The zero-order chi connectivity index (χ0) is 20.4. The third-order valence-electron chi connectivity index (χ3n) is 4.52. The Kier molecular flexibility index (Phi) is 5.88. The lowest BCUT2D eigenvalue weighted by molar-refractivity contribution is -0.385. The molecule has 0 aliphatic carbocycles. The summed E-state index contributed by atoms with van der Waals surface area (Å²) in [6.07, 6.45) is 0. The van der Waals surface area contributed by atoms with Crippen molar-refractivity contribution in [2.45, 2.75) is 46.6 Å². The highest BCUT2D eigenvalue weighted by Crippen LogP contribution is 2.29. The molecule has 6 nitrogen and oxygen atoms in total. The van der Waals surface area contributed by atoms with Crippen LogP contribution in [0.15, 0.2) is 30.3 Å². The average molecular weight is 371 g/mol. The van der Waals surface area contributed by atoms with Crippen LogP contribution in [0, 0.1) is 24.0 Å². The molecule has 0 N–H and O–H groups in total. The number of benzene rings is 2. The van der Waals surface area contributed by atoms with Crippen LogP contribution in [0.1, 0.15) is 53.4 Å². The molecule has 2 rings (SSSR count). The van der Waals surface area contributed by atoms with Gasteiger partial charge in [0.2, 0.25) is 0 Å². The number of carbonyl (C=O) groups excluding carboxylic acids is 1. The number of hydrogen-bond donors (Lipinski definition) is 0. The Hall–Kier alpha value is -2.89. The second-order valence-corrected chi connectivity index (χ2v) is 7.56. The second-order valence-electron chi connectivity index (χ2n) is 7.56. The van der Waals surface area contributed by atoms with E-state index in [0.29, 0.717) is 0 Å². The van der Waals surface area contributed by atoms with Gasteiger partial charge >= 0.3 is 11.7 Å². The van der Waals surface area contributed by atoms with Crippen LogP contribution in [0.4, 0.5) is 5.69 Å². The number of hydrogen-bond acceptors (Lipinski definition) is 5. The van der Waals surface area contributed by atoms with E-state index < -0.39 is 10.9 Å². The van der Waals surface area contributed by atoms with E-state index in [9.17, 15) is 14.9 Å². The van der Waals surface area contributed by atoms with Gasteiger partial charge in [0, 0.05) is 6.07 Å². The normalized spacial score (nSPS) is 11.2. The molecule has 6 heteroatoms. The summed E-state index contributed by atoms with van der Waals surface area (Å²) in [7, 11) is 1.34. The summed E-state index contributed by atoms with van der Waals surface area (Å²) in [5.41, 5.74) is 4.14. The first kappa shape index (κ1) is 20.4. The van der Waals surface area contributed by atoms with Crippen LogP contribution < -0.4 is 4.74 Å². The molecule has 0 spiro atoms. The summed E-state index contributed by atoms with van der Waals surface area (Å²) in [4.78, 5) is 22.9. The molecule has 0 unspecified atom stereocenters. The van der Waals surface area contributed by atoms with Crippen molar-refractivity contribution in [1.82, 2.24) is 0 Å². The minimum Gasteiger partial charge on any atom is -0.490 e. The quantitative estimate of drug-likeness (QED) is 0.425. The Morgan fingerprint density at radius 2 is 1.70 bits per heavy atom. The van der Waals surface area contributed by atoms with Crippen LogP contribution in [-0.2, 0) is 16.8 Å². The van der Waals surface area contributed by atoms with Crippen LogP contribution in [0.2, 0.25) is 0 Å². The summed E-state index contributed by atoms with van der Waals surface area (Å²) in [6, 6.07) is 8.23. The molecule has 0 saturated carbocycles. The molecule has 0 aliphatic rings. The fraction of sp³-hybridized carbons (Fsp3) is 0.381. The molecule has 2 aromatic carbocycles. The first-order chi connectivity index (χ1) is 12.5. The lowest BCUT2D eigenvalue weighted by atomic mass is 9.84. The molecule has 0 atom stereocenters. The number of nitro groups is 1. The predicted molar refractivity (Wildman–Crippen MR) is 103 cm³/mol. The fourth-order valence-electron chi connectivity index (χ4n) is 2.83. The van der Waals surface area contributed by atoms with Crippen molar-refractivity contribution in [3.8, 4) is 5.75 Å². The summed E-state index contributed by atoms with van der Waals surface area (Å²) in [6.45, 7) is 10.5. The van der Waals surface area contributed by atoms with Crippen LogP contribution >= 0.6 is 0 Å². The molecule has 0 amide bonds. The van der Waals surface area contributed by atoms with Crippen molar-refractivity contribution < 1.29 is 19.2 Å². The summed E-state index contributed by atoms with van der Waals surface area (Å²) in [5.74, 6) is -0.513. The Bertz CT molecular complexity index is 858. The zero-order valence-electron chi connectivity index (χ0n) is 16.6. The number of carbonyl (C=O) groups is 1. The minimum absolute atomic E-state index is 0.0345. The lowest BCUT2D eigenvalue weighted by Gasteiger charge is -2.22. The van der Waals surface area contributed by atoms with E-state index in [4.69, 9.17) is 9.47 Å². The topological polar surface area (TPSA) is 78.7 Å². The van der Waals surface area contributed by atoms with Gasteiger partial charge in [0.1, 0.15) is 6.61 Å². The van der Waals surface area contributed by atoms with E-state index >= 15 is 0 Å². The Labute approximate surface area is 159 Å². The lowest BCUT2D eigenvalue weighted by Crippen LogP contribution is -2.13. The summed E-state index contributed by atoms with van der Waals surface area (Å²) < 4.78 is 10.4. The smallest absolute Gasteiger partial charge is 0.338 e. The average Bonchev–Trinajstić information content (AvgIpc) is 2.59. The van der Waals surface area contributed by atoms with Crippen molar-refractivity contribution >= 4 is 11.7 Å². The molecule has 0 radical (unpaired) electrons. The molecular weight excluding hydrogens is 346 g/mol. The Balaban J connectivity index is 2.21. The van der Waals surface area contributed by atoms with Crippen molar-refractivity contribution in [3.05, 3.63) is 68.3 Å². The molecule has 27 heavy (non-hydrogen) atoms. The molecule has 0 aliphatic heterocycles. The minimum atomic E-state index is -0.612. The van der Waals surface area contributed by atoms with Crippen molar-refractivity contribution in [2.75, 3.05) is 7.11 Å². The van der Waals surface area contributed by atoms with Gasteiger partial charge in [0.05, 0.1) is 17.6 Å². The maximum Gasteiger partial charge on any atom is 0.338 e. The van der Waals surface area contributed by atoms with Gasteiger partial charge in [-0.05, 0) is 53.6 Å². The van der Waals surface area contributed by atoms with Gasteiger partial charge in [0.25, 0.3) is 0 Å². The van der Waals surface area contributed by atoms with Gasteiger partial charge in [-0.1, -0.05) is 32.9 Å². The first-order valence-corrected chi connectivity index (χ1v) is 8.64. The van der Waals surface area contributed by atoms with Gasteiger partial charge in [-0.2, -0.15) is 0 Å². The summed E-state index contributed by atoms with van der Waals surface area (Å²) in [5, 5.41) is 11.1. The van der Waals surface area contributed by atoms with E-state index in [1.807, 2.05) is 13.8 Å². The molecule has 2 aromatic rings. The molecular formula is C21H25NO5. The SMILES string of the molecule is COc1ccc(C(=O)OCc2c(C)cc(C(C)(C)C)cc2C)cc1[N+](=O)[O-]. The summed E-state index contributed by atoms with van der Waals surface area (Å²) >= 11 is 0. The van der Waals surface area contributed by atoms with E-state index in [-0.39, 0.29) is 29.0 Å². The number of nitrogens with zero attached hydrogens (tertiary/aromatic N) is 1. The van der Waals surface area contributed by atoms with E-state index in [0.717, 1.165) is 16.7 Å². The second kappa shape index (κ2) is 7.78. The largest absolute Gasteiger partial charge is 0.490 e. The van der Waals surface area contributed by atoms with Crippen LogP contribution in [0.5, 0.6) is 5.75 Å². The molecule has 0 bridgehead atoms. The van der Waals surface area contributed by atoms with Gasteiger partial charge < -0.3 is 9.47 Å². The number of esters is 1. The number of aryl methyl sites for hydroxylation is 2. The standard InChI is InChI=1S/C21H25NO5/c1-13-9-16(21(3,4)5)10-14(2)17(13)12-27-20(23)15-7-8-19(26-6)18(11-15)22(24)25/h7-11H,12H2,1-6H3. The van der Waals surface area contributed by atoms with Crippen LogP contribution in [0.3, 0.4) is 0 Å². The van der Waals surface area contributed by atoms with Gasteiger partial charge in [0.15, 0.2) is 5.75 Å². The Morgan fingerprint density at radius 1 is 1.11 bits per heavy atom. The van der Waals surface area contributed by atoms with Gasteiger partial charge in [-0.3, -0.25) is 10.1 Å². The van der Waals surface area contributed by atoms with Crippen molar-refractivity contribution in [3.63, 3.8) is 0 Å². The third-order valence-corrected chi connectivity index (χ3v) is 4.52. The number of ether oxygens (including phenoxy) is 2. The predicted octanol–water partition coefficient (Wildman–Crippen LogP) is 4.87. The highest BCUT2D eigenvalue weighted by atomic mass is 16.6. The fourth-order valence-corrected chi connectivity index (χ4v) is 2.83. The molecule has 144 valence electrons. The highest BCUT2D eigenvalue weighted by Gasteiger charge is 2.20. The zero-order valence-corrected chi connectivity index (χ0v) is 16.6. The molecule has 0 fully saturated rings. The van der Waals surface area contributed by atoms with E-state index in [1.165, 1.54) is 30.9 Å². The van der Waals surface area contributed by atoms with E-state index in [2.05, 4.69) is 32.9 Å². The van der Waals surface area contributed by atoms with Gasteiger partial charge in [-0.15, -0.1) is 0 Å². The molecule has 0 saturated heterocycles. The van der Waals surface area contributed by atoms with Crippen molar-refractivity contribution in [2.24, 2.45) is 0 Å². The Morgan fingerprint density at radius 3 is 2.19 bits per heavy atom. The monoisotopic (exact) mass is 371 g/mol. The third kappa shape index (κ3) is 4.64. The van der Waals surface area contributed by atoms with Crippen molar-refractivity contribution in [1.29, 1.82) is 0 Å².